The molecule has 1 aliphatic carbocycles. The number of allylic oxidation sites excluding steroid dienone is 4. The molecule has 10 nitrogen and oxygen atoms in total. The first-order valence-electron chi connectivity index (χ1n) is 10.8. The summed E-state index contributed by atoms with van der Waals surface area (Å²) in [4.78, 5) is 22.8. The predicted octanol–water partition coefficient (Wildman–Crippen LogP) is 2.80. The van der Waals surface area contributed by atoms with Gasteiger partial charge in [-0.25, -0.2) is 0 Å². The lowest BCUT2D eigenvalue weighted by atomic mass is 10.1. The molecule has 1 saturated heterocycles. The number of H-pyrrole nitrogens is 1. The summed E-state index contributed by atoms with van der Waals surface area (Å²) in [6.07, 6.45) is 9.95. The van der Waals surface area contributed by atoms with Crippen LogP contribution in [0.1, 0.15) is 12.8 Å². The Morgan fingerprint density at radius 3 is 2.59 bits per heavy atom. The lowest BCUT2D eigenvalue weighted by Gasteiger charge is -2.32. The fourth-order valence-corrected chi connectivity index (χ4v) is 3.63. The quantitative estimate of drug-likeness (QED) is 0.543. The third-order valence-electron chi connectivity index (χ3n) is 5.45. The number of likely N-dealkylation sites (N-methyl/N-ethyl adjacent to an activating group) is 1. The molecule has 164 valence electrons. The zero-order chi connectivity index (χ0) is 21.8. The summed E-state index contributed by atoms with van der Waals surface area (Å²) >= 11 is 0. The van der Waals surface area contributed by atoms with E-state index in [0.29, 0.717) is 23.7 Å². The highest BCUT2D eigenvalue weighted by Crippen LogP contribution is 2.22. The number of piperazine rings is 1. The molecule has 10 heteroatoms. The Morgan fingerprint density at radius 2 is 1.84 bits per heavy atom. The molecule has 4 heterocycles. The number of hydrogen-bond donors (Lipinski definition) is 3. The van der Waals surface area contributed by atoms with Gasteiger partial charge in [-0.3, -0.25) is 10.1 Å². The number of nitrogens with zero attached hydrogens (tertiary/aromatic N) is 7. The summed E-state index contributed by atoms with van der Waals surface area (Å²) in [5, 5.41) is 13.9. The molecule has 0 amide bonds. The van der Waals surface area contributed by atoms with E-state index in [4.69, 9.17) is 4.98 Å². The van der Waals surface area contributed by atoms with E-state index in [1.54, 1.807) is 6.20 Å². The Morgan fingerprint density at radius 1 is 1.00 bits per heavy atom. The molecule has 3 aromatic heterocycles. The van der Waals surface area contributed by atoms with Gasteiger partial charge in [-0.1, -0.05) is 18.2 Å². The molecular formula is C22H26N10. The number of hydrogen-bond acceptors (Lipinski definition) is 9. The molecule has 1 aliphatic heterocycles. The van der Waals surface area contributed by atoms with E-state index in [0.717, 1.165) is 56.1 Å². The topological polar surface area (TPSA) is 111 Å². The van der Waals surface area contributed by atoms with Crippen LogP contribution in [-0.2, 0) is 0 Å². The van der Waals surface area contributed by atoms with Crippen molar-refractivity contribution >= 4 is 23.7 Å². The number of pyridine rings is 1. The smallest absolute Gasteiger partial charge is 0.235 e. The number of aromatic amines is 1. The third kappa shape index (κ3) is 4.75. The average Bonchev–Trinajstić information content (AvgIpc) is 3.29. The summed E-state index contributed by atoms with van der Waals surface area (Å²) in [5.74, 6) is 2.25. The second kappa shape index (κ2) is 9.15. The van der Waals surface area contributed by atoms with Gasteiger partial charge < -0.3 is 20.4 Å². The van der Waals surface area contributed by atoms with E-state index in [-0.39, 0.29) is 0 Å². The van der Waals surface area contributed by atoms with Crippen LogP contribution >= 0.6 is 0 Å². The Bertz CT molecular complexity index is 1110. The van der Waals surface area contributed by atoms with Gasteiger partial charge in [0, 0.05) is 44.1 Å². The largest absolute Gasteiger partial charge is 0.338 e. The van der Waals surface area contributed by atoms with Crippen LogP contribution in [0.4, 0.5) is 23.7 Å². The molecule has 3 N–H and O–H groups in total. The van der Waals surface area contributed by atoms with Gasteiger partial charge in [-0.15, -0.1) is 0 Å². The van der Waals surface area contributed by atoms with Crippen molar-refractivity contribution in [1.29, 1.82) is 0 Å². The van der Waals surface area contributed by atoms with Crippen molar-refractivity contribution in [3.63, 3.8) is 0 Å². The highest BCUT2D eigenvalue weighted by atomic mass is 15.4. The Kier molecular flexibility index (Phi) is 5.75. The van der Waals surface area contributed by atoms with Gasteiger partial charge >= 0.3 is 0 Å². The summed E-state index contributed by atoms with van der Waals surface area (Å²) < 4.78 is 0. The van der Waals surface area contributed by atoms with Crippen molar-refractivity contribution in [3.8, 4) is 11.4 Å². The van der Waals surface area contributed by atoms with E-state index >= 15 is 0 Å². The second-order valence-electron chi connectivity index (χ2n) is 7.86. The van der Waals surface area contributed by atoms with E-state index in [1.807, 2.05) is 24.3 Å². The molecule has 1 fully saturated rings. The zero-order valence-corrected chi connectivity index (χ0v) is 18.0. The van der Waals surface area contributed by atoms with Gasteiger partial charge in [-0.2, -0.15) is 20.1 Å². The van der Waals surface area contributed by atoms with E-state index in [2.05, 4.69) is 70.9 Å². The first-order valence-corrected chi connectivity index (χ1v) is 10.8. The van der Waals surface area contributed by atoms with Crippen molar-refractivity contribution in [2.24, 2.45) is 0 Å². The van der Waals surface area contributed by atoms with Gasteiger partial charge in [0.1, 0.15) is 0 Å². The first-order chi connectivity index (χ1) is 15.7. The fraction of sp³-hybridized carbons (Fsp3) is 0.318. The van der Waals surface area contributed by atoms with Crippen molar-refractivity contribution in [2.45, 2.75) is 12.8 Å². The molecular weight excluding hydrogens is 404 g/mol. The number of nitrogens with one attached hydrogen (secondary N) is 3. The maximum absolute atomic E-state index is 4.70. The zero-order valence-electron chi connectivity index (χ0n) is 18.0. The molecule has 0 unspecified atom stereocenters. The molecule has 5 rings (SSSR count). The molecule has 3 aromatic rings. The van der Waals surface area contributed by atoms with E-state index in [1.165, 1.54) is 0 Å². The predicted molar refractivity (Wildman–Crippen MR) is 125 cm³/mol. The van der Waals surface area contributed by atoms with Gasteiger partial charge in [0.15, 0.2) is 5.82 Å². The third-order valence-corrected chi connectivity index (χ3v) is 5.45. The summed E-state index contributed by atoms with van der Waals surface area (Å²) in [7, 11) is 2.13. The molecule has 0 radical (unpaired) electrons. The van der Waals surface area contributed by atoms with Crippen LogP contribution in [0.5, 0.6) is 0 Å². The molecule has 2 aliphatic rings. The summed E-state index contributed by atoms with van der Waals surface area (Å²) in [5.41, 5.74) is 2.73. The van der Waals surface area contributed by atoms with Gasteiger partial charge in [-0.05, 0) is 38.1 Å². The molecule has 0 bridgehead atoms. The molecule has 0 aromatic carbocycles. The van der Waals surface area contributed by atoms with Crippen LogP contribution in [0.15, 0.2) is 54.4 Å². The van der Waals surface area contributed by atoms with E-state index < -0.39 is 0 Å². The molecule has 0 saturated carbocycles. The van der Waals surface area contributed by atoms with Crippen molar-refractivity contribution in [2.75, 3.05) is 48.8 Å². The van der Waals surface area contributed by atoms with Crippen LogP contribution in [0, 0.1) is 0 Å². The van der Waals surface area contributed by atoms with Gasteiger partial charge in [0.05, 0.1) is 11.4 Å². The lowest BCUT2D eigenvalue weighted by Crippen LogP contribution is -2.45. The summed E-state index contributed by atoms with van der Waals surface area (Å²) in [6, 6.07) is 7.65. The van der Waals surface area contributed by atoms with Gasteiger partial charge in [0.2, 0.25) is 17.8 Å². The fourth-order valence-electron chi connectivity index (χ4n) is 3.63. The second-order valence-corrected chi connectivity index (χ2v) is 7.86. The normalized spacial score (nSPS) is 16.7. The monoisotopic (exact) mass is 430 g/mol. The average molecular weight is 431 g/mol. The SMILES string of the molecule is CN1CCN(c2nc(NC3=CC=CCC3)nc(Nc3cc(-c4ccccn4)[nH]n3)n2)CC1. The first kappa shape index (κ1) is 20.1. The van der Waals surface area contributed by atoms with Crippen LogP contribution < -0.4 is 15.5 Å². The number of anilines is 4. The van der Waals surface area contributed by atoms with Crippen LogP contribution in [0.2, 0.25) is 0 Å². The Labute approximate surface area is 186 Å². The van der Waals surface area contributed by atoms with Crippen molar-refractivity contribution < 1.29 is 0 Å². The summed E-state index contributed by atoms with van der Waals surface area (Å²) in [6.45, 7) is 3.69. The van der Waals surface area contributed by atoms with Crippen LogP contribution in [-0.4, -0.2) is 68.3 Å². The Hall–Kier alpha value is -3.79. The van der Waals surface area contributed by atoms with Gasteiger partial charge in [0.25, 0.3) is 0 Å². The van der Waals surface area contributed by atoms with Crippen molar-refractivity contribution in [1.82, 2.24) is 35.0 Å². The minimum Gasteiger partial charge on any atom is -0.338 e. The standard InChI is InChI=1S/C22H26N10/c1-31-11-13-32(14-12-31)22-27-20(24-16-7-3-2-4-8-16)26-21(28-22)25-19-15-18(29-30-19)17-9-5-6-10-23-17/h2-3,5-7,9-10,15H,4,8,11-14H2,1H3,(H3,24,25,26,27,28,29,30). The van der Waals surface area contributed by atoms with E-state index in [9.17, 15) is 0 Å². The molecule has 0 spiro atoms. The molecule has 32 heavy (non-hydrogen) atoms. The van der Waals surface area contributed by atoms with Crippen LogP contribution in [0.3, 0.4) is 0 Å². The minimum atomic E-state index is 0.447. The maximum atomic E-state index is 4.70. The number of aromatic nitrogens is 6. The highest BCUT2D eigenvalue weighted by Gasteiger charge is 2.19. The molecule has 0 atom stereocenters. The maximum Gasteiger partial charge on any atom is 0.235 e. The number of rotatable bonds is 6. The minimum absolute atomic E-state index is 0.447. The van der Waals surface area contributed by atoms with Crippen LogP contribution in [0.25, 0.3) is 11.4 Å². The lowest BCUT2D eigenvalue weighted by molar-refractivity contribution is 0.311. The van der Waals surface area contributed by atoms with Crippen molar-refractivity contribution in [3.05, 3.63) is 54.4 Å². The Balaban J connectivity index is 1.40. The highest BCUT2D eigenvalue weighted by molar-refractivity contribution is 5.62.